The third-order valence-electron chi connectivity index (χ3n) is 1.97. The van der Waals surface area contributed by atoms with E-state index in [0.717, 1.165) is 0 Å². The topological polar surface area (TPSA) is 64.3 Å². The zero-order valence-corrected chi connectivity index (χ0v) is 10.5. The second kappa shape index (κ2) is 6.08. The molecule has 0 aromatic carbocycles. The van der Waals surface area contributed by atoms with Crippen LogP contribution in [-0.4, -0.2) is 30.7 Å². The number of rotatable bonds is 6. The summed E-state index contributed by atoms with van der Waals surface area (Å²) >= 11 is 0. The molecule has 1 unspecified atom stereocenters. The van der Waals surface area contributed by atoms with Crippen molar-refractivity contribution in [1.82, 2.24) is 5.32 Å². The highest BCUT2D eigenvalue weighted by atomic mass is 16.5. The van der Waals surface area contributed by atoms with Gasteiger partial charge in [0.05, 0.1) is 18.2 Å². The van der Waals surface area contributed by atoms with Crippen LogP contribution in [0, 0.1) is 5.92 Å². The Labute approximate surface area is 92.6 Å². The first-order chi connectivity index (χ1) is 6.74. The summed E-state index contributed by atoms with van der Waals surface area (Å²) in [5, 5.41) is 3.09. The molecule has 0 heterocycles. The molecule has 0 rings (SSSR count). The summed E-state index contributed by atoms with van der Waals surface area (Å²) in [4.78, 5) is 11.1. The quantitative estimate of drug-likeness (QED) is 0.648. The highest BCUT2D eigenvalue weighted by Crippen LogP contribution is 2.05. The van der Waals surface area contributed by atoms with Crippen LogP contribution in [0.25, 0.3) is 0 Å². The van der Waals surface area contributed by atoms with Crippen LogP contribution in [0.15, 0.2) is 0 Å². The third kappa shape index (κ3) is 7.33. The number of hydrogen-bond donors (Lipinski definition) is 2. The number of hydrogen-bond acceptors (Lipinski definition) is 3. The number of primary amides is 1. The number of nitrogens with one attached hydrogen (secondary N) is 1. The van der Waals surface area contributed by atoms with Crippen LogP contribution in [0.3, 0.4) is 0 Å². The Kier molecular flexibility index (Phi) is 5.83. The Hall–Kier alpha value is -0.610. The minimum Gasteiger partial charge on any atom is -0.375 e. The molecule has 4 nitrogen and oxygen atoms in total. The van der Waals surface area contributed by atoms with Gasteiger partial charge in [-0.1, -0.05) is 13.8 Å². The summed E-state index contributed by atoms with van der Waals surface area (Å²) in [6, 6.07) is -0.270. The predicted octanol–water partition coefficient (Wildman–Crippen LogP) is 0.901. The average molecular weight is 216 g/mol. The first-order valence-corrected chi connectivity index (χ1v) is 5.40. The van der Waals surface area contributed by atoms with E-state index in [1.165, 1.54) is 0 Å². The van der Waals surface area contributed by atoms with Gasteiger partial charge in [0.1, 0.15) is 0 Å². The molecule has 90 valence electrons. The fourth-order valence-corrected chi connectivity index (χ4v) is 1.24. The van der Waals surface area contributed by atoms with Gasteiger partial charge in [0.15, 0.2) is 0 Å². The second-order valence-corrected chi connectivity index (χ2v) is 5.04. The smallest absolute Gasteiger partial charge is 0.234 e. The zero-order chi connectivity index (χ0) is 12.1. The van der Waals surface area contributed by atoms with E-state index in [0.29, 0.717) is 13.2 Å². The summed E-state index contributed by atoms with van der Waals surface area (Å²) in [6.07, 6.45) is 0. The minimum absolute atomic E-state index is 0.137. The lowest BCUT2D eigenvalue weighted by molar-refractivity contribution is -0.121. The van der Waals surface area contributed by atoms with Gasteiger partial charge in [-0.25, -0.2) is 0 Å². The molecule has 0 bridgehead atoms. The summed E-state index contributed by atoms with van der Waals surface area (Å²) in [6.45, 7) is 11.2. The van der Waals surface area contributed by atoms with E-state index in [4.69, 9.17) is 10.5 Å². The van der Waals surface area contributed by atoms with Crippen molar-refractivity contribution in [2.45, 2.75) is 46.3 Å². The van der Waals surface area contributed by atoms with Crippen LogP contribution in [-0.2, 0) is 9.53 Å². The molecule has 0 fully saturated rings. The molecule has 0 aromatic rings. The van der Waals surface area contributed by atoms with E-state index in [2.05, 4.69) is 5.32 Å². The Morgan fingerprint density at radius 3 is 2.27 bits per heavy atom. The van der Waals surface area contributed by atoms with Crippen molar-refractivity contribution in [3.05, 3.63) is 0 Å². The standard InChI is InChI=1S/C11H24N2O2/c1-8(2)9(10(12)14)13-6-7-15-11(3,4)5/h8-9,13H,6-7H2,1-5H3,(H2,12,14). The summed E-state index contributed by atoms with van der Waals surface area (Å²) in [5.41, 5.74) is 5.13. The van der Waals surface area contributed by atoms with Crippen molar-refractivity contribution >= 4 is 5.91 Å². The Morgan fingerprint density at radius 2 is 1.93 bits per heavy atom. The van der Waals surface area contributed by atoms with E-state index < -0.39 is 0 Å². The van der Waals surface area contributed by atoms with Gasteiger partial charge in [-0.2, -0.15) is 0 Å². The number of ether oxygens (including phenoxy) is 1. The van der Waals surface area contributed by atoms with E-state index in [9.17, 15) is 4.79 Å². The molecular weight excluding hydrogens is 192 g/mol. The predicted molar refractivity (Wildman–Crippen MR) is 61.5 cm³/mol. The molecule has 0 aliphatic carbocycles. The number of carbonyl (C=O) groups is 1. The lowest BCUT2D eigenvalue weighted by Gasteiger charge is -2.22. The summed E-state index contributed by atoms with van der Waals surface area (Å²) in [5.74, 6) is -0.0992. The lowest BCUT2D eigenvalue weighted by Crippen LogP contribution is -2.46. The van der Waals surface area contributed by atoms with Gasteiger partial charge < -0.3 is 15.8 Å². The van der Waals surface area contributed by atoms with Crippen LogP contribution in [0.4, 0.5) is 0 Å². The van der Waals surface area contributed by atoms with E-state index in [1.807, 2.05) is 34.6 Å². The highest BCUT2D eigenvalue weighted by molar-refractivity contribution is 5.80. The minimum atomic E-state index is -0.305. The fraction of sp³-hybridized carbons (Fsp3) is 0.909. The van der Waals surface area contributed by atoms with E-state index >= 15 is 0 Å². The molecule has 1 atom stereocenters. The molecule has 4 heteroatoms. The molecule has 0 saturated heterocycles. The molecule has 0 spiro atoms. The Morgan fingerprint density at radius 1 is 1.40 bits per heavy atom. The van der Waals surface area contributed by atoms with Crippen molar-refractivity contribution in [1.29, 1.82) is 0 Å². The maximum Gasteiger partial charge on any atom is 0.234 e. The average Bonchev–Trinajstić information content (AvgIpc) is 2.00. The van der Waals surface area contributed by atoms with Crippen LogP contribution in [0.2, 0.25) is 0 Å². The summed E-state index contributed by atoms with van der Waals surface area (Å²) in [7, 11) is 0. The number of amides is 1. The maximum absolute atomic E-state index is 11.1. The highest BCUT2D eigenvalue weighted by Gasteiger charge is 2.18. The van der Waals surface area contributed by atoms with Crippen molar-refractivity contribution < 1.29 is 9.53 Å². The fourth-order valence-electron chi connectivity index (χ4n) is 1.24. The van der Waals surface area contributed by atoms with Gasteiger partial charge in [-0.15, -0.1) is 0 Å². The maximum atomic E-state index is 11.1. The van der Waals surface area contributed by atoms with Gasteiger partial charge in [-0.05, 0) is 26.7 Å². The second-order valence-electron chi connectivity index (χ2n) is 5.04. The number of nitrogens with two attached hydrogens (primary N) is 1. The van der Waals surface area contributed by atoms with Crippen molar-refractivity contribution in [3.63, 3.8) is 0 Å². The lowest BCUT2D eigenvalue weighted by atomic mass is 10.0. The van der Waals surface area contributed by atoms with Gasteiger partial charge in [0, 0.05) is 6.54 Å². The molecule has 3 N–H and O–H groups in total. The molecule has 0 aliphatic rings. The first kappa shape index (κ1) is 14.4. The van der Waals surface area contributed by atoms with E-state index in [1.54, 1.807) is 0 Å². The SMILES string of the molecule is CC(C)C(NCCOC(C)(C)C)C(N)=O. The first-order valence-electron chi connectivity index (χ1n) is 5.40. The largest absolute Gasteiger partial charge is 0.375 e. The van der Waals surface area contributed by atoms with Crippen LogP contribution < -0.4 is 11.1 Å². The molecule has 15 heavy (non-hydrogen) atoms. The normalized spacial score (nSPS) is 14.3. The van der Waals surface area contributed by atoms with Crippen LogP contribution in [0.5, 0.6) is 0 Å². The van der Waals surface area contributed by atoms with Crippen molar-refractivity contribution in [2.24, 2.45) is 11.7 Å². The van der Waals surface area contributed by atoms with Crippen molar-refractivity contribution in [3.8, 4) is 0 Å². The molecule has 0 aliphatic heterocycles. The molecular formula is C11H24N2O2. The van der Waals surface area contributed by atoms with Gasteiger partial charge in [0.2, 0.25) is 5.91 Å². The van der Waals surface area contributed by atoms with Gasteiger partial charge in [-0.3, -0.25) is 4.79 Å². The number of carbonyl (C=O) groups excluding carboxylic acids is 1. The van der Waals surface area contributed by atoms with Gasteiger partial charge >= 0.3 is 0 Å². The summed E-state index contributed by atoms with van der Waals surface area (Å²) < 4.78 is 5.52. The molecule has 0 aromatic heterocycles. The molecule has 0 saturated carbocycles. The van der Waals surface area contributed by atoms with E-state index in [-0.39, 0.29) is 23.5 Å². The van der Waals surface area contributed by atoms with Crippen LogP contribution in [0.1, 0.15) is 34.6 Å². The Bertz CT molecular complexity index is 197. The molecule has 1 amide bonds. The molecule has 0 radical (unpaired) electrons. The zero-order valence-electron chi connectivity index (χ0n) is 10.5. The van der Waals surface area contributed by atoms with Gasteiger partial charge in [0.25, 0.3) is 0 Å². The third-order valence-corrected chi connectivity index (χ3v) is 1.97. The van der Waals surface area contributed by atoms with Crippen molar-refractivity contribution in [2.75, 3.05) is 13.2 Å². The Balaban J connectivity index is 3.78. The monoisotopic (exact) mass is 216 g/mol. The van der Waals surface area contributed by atoms with Crippen LogP contribution >= 0.6 is 0 Å².